The monoisotopic (exact) mass is 577 g/mol. The van der Waals surface area contributed by atoms with Crippen molar-refractivity contribution < 1.29 is 19.2 Å². The number of non-ortho nitro benzene ring substituents is 1. The largest absolute Gasteiger partial charge is 0.463 e. The van der Waals surface area contributed by atoms with E-state index in [0.29, 0.717) is 52.5 Å². The standard InChI is InChI=1S/C29H31N5O6S/c1-5-40-28(36)25-18(2)30-29-33(26(25)19-6-8-21(9-7-19)31(3)4)27(35)24(41-29)17-20-16-22(34(37)38)10-11-23(20)32-12-14-39-15-13-32/h6-11,16-17,26H,5,12-15H2,1-4H3. The van der Waals surface area contributed by atoms with Crippen LogP contribution < -0.4 is 24.7 Å². The van der Waals surface area contributed by atoms with Crippen LogP contribution in [0.2, 0.25) is 0 Å². The highest BCUT2D eigenvalue weighted by atomic mass is 32.1. The molecule has 0 N–H and O–H groups in total. The second kappa shape index (κ2) is 11.7. The van der Waals surface area contributed by atoms with Crippen molar-refractivity contribution in [2.45, 2.75) is 19.9 Å². The van der Waals surface area contributed by atoms with Gasteiger partial charge in [0.2, 0.25) is 0 Å². The van der Waals surface area contributed by atoms with E-state index in [1.165, 1.54) is 28.0 Å². The van der Waals surface area contributed by atoms with Crippen LogP contribution in [0.15, 0.2) is 63.5 Å². The number of thiazole rings is 1. The van der Waals surface area contributed by atoms with Gasteiger partial charge in [0.25, 0.3) is 11.2 Å². The fourth-order valence-corrected chi connectivity index (χ4v) is 6.10. The molecular weight excluding hydrogens is 546 g/mol. The van der Waals surface area contributed by atoms with Crippen LogP contribution in [-0.2, 0) is 14.3 Å². The minimum atomic E-state index is -0.743. The number of nitro groups is 1. The second-order valence-corrected chi connectivity index (χ2v) is 10.9. The summed E-state index contributed by atoms with van der Waals surface area (Å²) >= 11 is 1.18. The van der Waals surface area contributed by atoms with Crippen molar-refractivity contribution in [1.82, 2.24) is 4.57 Å². The molecule has 1 fully saturated rings. The second-order valence-electron chi connectivity index (χ2n) is 9.89. The molecule has 0 aliphatic carbocycles. The summed E-state index contributed by atoms with van der Waals surface area (Å²) in [5.74, 6) is -0.530. The molecule has 0 radical (unpaired) electrons. The molecule has 11 nitrogen and oxygen atoms in total. The first kappa shape index (κ1) is 28.2. The lowest BCUT2D eigenvalue weighted by Gasteiger charge is -2.30. The van der Waals surface area contributed by atoms with Gasteiger partial charge in [0.05, 0.1) is 46.6 Å². The lowest BCUT2D eigenvalue weighted by atomic mass is 9.95. The Morgan fingerprint density at radius 3 is 2.56 bits per heavy atom. The Morgan fingerprint density at radius 2 is 1.93 bits per heavy atom. The molecule has 1 atom stereocenters. The summed E-state index contributed by atoms with van der Waals surface area (Å²) in [5.41, 5.74) is 3.41. The molecule has 2 aliphatic rings. The fourth-order valence-electron chi connectivity index (χ4n) is 5.07. The SMILES string of the molecule is CCOC(=O)C1=C(C)N=c2sc(=Cc3cc([N+](=O)[O-])ccc3N3CCOCC3)c(=O)n2C1c1ccc(N(C)C)cc1. The van der Waals surface area contributed by atoms with Crippen molar-refractivity contribution in [1.29, 1.82) is 0 Å². The van der Waals surface area contributed by atoms with Gasteiger partial charge in [-0.2, -0.15) is 0 Å². The van der Waals surface area contributed by atoms with Gasteiger partial charge in [0.1, 0.15) is 0 Å². The number of carbonyl (C=O) groups is 1. The lowest BCUT2D eigenvalue weighted by Crippen LogP contribution is -2.40. The topological polar surface area (TPSA) is 120 Å². The number of rotatable bonds is 7. The molecule has 41 heavy (non-hydrogen) atoms. The van der Waals surface area contributed by atoms with Crippen molar-refractivity contribution in [3.05, 3.63) is 94.7 Å². The van der Waals surface area contributed by atoms with Crippen molar-refractivity contribution in [3.63, 3.8) is 0 Å². The number of nitro benzene ring substituents is 1. The molecule has 1 unspecified atom stereocenters. The van der Waals surface area contributed by atoms with Crippen LogP contribution >= 0.6 is 11.3 Å². The molecule has 1 saturated heterocycles. The van der Waals surface area contributed by atoms with E-state index in [1.54, 1.807) is 26.0 Å². The number of hydrogen-bond acceptors (Lipinski definition) is 10. The highest BCUT2D eigenvalue weighted by Gasteiger charge is 2.33. The molecule has 0 bridgehead atoms. The molecule has 5 rings (SSSR count). The maximum atomic E-state index is 14.0. The van der Waals surface area contributed by atoms with Crippen molar-refractivity contribution >= 4 is 40.4 Å². The van der Waals surface area contributed by atoms with E-state index in [9.17, 15) is 19.7 Å². The van der Waals surface area contributed by atoms with E-state index in [2.05, 4.69) is 9.89 Å². The first-order chi connectivity index (χ1) is 19.7. The van der Waals surface area contributed by atoms with E-state index < -0.39 is 16.9 Å². The van der Waals surface area contributed by atoms with Crippen LogP contribution in [0.5, 0.6) is 0 Å². The third kappa shape index (κ3) is 5.52. The third-order valence-electron chi connectivity index (χ3n) is 7.10. The van der Waals surface area contributed by atoms with Crippen LogP contribution in [-0.4, -0.2) is 62.5 Å². The number of esters is 1. The predicted molar refractivity (Wildman–Crippen MR) is 157 cm³/mol. The van der Waals surface area contributed by atoms with E-state index in [0.717, 1.165) is 16.9 Å². The Labute approximate surface area is 240 Å². The molecule has 0 amide bonds. The Kier molecular flexibility index (Phi) is 8.04. The third-order valence-corrected chi connectivity index (χ3v) is 8.09. The summed E-state index contributed by atoms with van der Waals surface area (Å²) in [6, 6.07) is 11.6. The minimum absolute atomic E-state index is 0.0691. The minimum Gasteiger partial charge on any atom is -0.463 e. The van der Waals surface area contributed by atoms with Crippen molar-refractivity contribution in [2.24, 2.45) is 4.99 Å². The van der Waals surface area contributed by atoms with Gasteiger partial charge in [-0.1, -0.05) is 23.5 Å². The number of allylic oxidation sites excluding steroid dienone is 1. The highest BCUT2D eigenvalue weighted by molar-refractivity contribution is 7.07. The van der Waals surface area contributed by atoms with Crippen LogP contribution in [0.4, 0.5) is 17.1 Å². The van der Waals surface area contributed by atoms with Crippen LogP contribution in [0, 0.1) is 10.1 Å². The van der Waals surface area contributed by atoms with Gasteiger partial charge in [0, 0.05) is 56.3 Å². The zero-order valence-corrected chi connectivity index (χ0v) is 24.1. The van der Waals surface area contributed by atoms with Gasteiger partial charge < -0.3 is 19.3 Å². The molecule has 2 aromatic carbocycles. The number of fused-ring (bicyclic) bond motifs is 1. The summed E-state index contributed by atoms with van der Waals surface area (Å²) < 4.78 is 12.7. The average Bonchev–Trinajstić information content (AvgIpc) is 3.26. The summed E-state index contributed by atoms with van der Waals surface area (Å²) in [7, 11) is 3.87. The Bertz CT molecular complexity index is 1700. The van der Waals surface area contributed by atoms with Gasteiger partial charge in [-0.05, 0) is 43.7 Å². The number of benzene rings is 2. The zero-order chi connectivity index (χ0) is 29.3. The molecule has 0 saturated carbocycles. The summed E-state index contributed by atoms with van der Waals surface area (Å²) in [5, 5.41) is 11.6. The average molecular weight is 578 g/mol. The number of ether oxygens (including phenoxy) is 2. The van der Waals surface area contributed by atoms with Crippen molar-refractivity contribution in [3.8, 4) is 0 Å². The number of anilines is 2. The Morgan fingerprint density at radius 1 is 1.22 bits per heavy atom. The van der Waals surface area contributed by atoms with Crippen molar-refractivity contribution in [2.75, 3.05) is 56.8 Å². The van der Waals surface area contributed by atoms with Gasteiger partial charge >= 0.3 is 5.97 Å². The van der Waals surface area contributed by atoms with E-state index >= 15 is 0 Å². The van der Waals surface area contributed by atoms with Gasteiger partial charge in [-0.25, -0.2) is 9.79 Å². The molecular formula is C29H31N5O6S. The van der Waals surface area contributed by atoms with E-state index in [-0.39, 0.29) is 17.9 Å². The van der Waals surface area contributed by atoms with E-state index in [4.69, 9.17) is 9.47 Å². The smallest absolute Gasteiger partial charge is 0.338 e. The number of aromatic nitrogens is 1. The summed E-state index contributed by atoms with van der Waals surface area (Å²) in [6.45, 7) is 6.00. The number of carbonyl (C=O) groups excluding carboxylic acids is 1. The molecule has 0 spiro atoms. The molecule has 2 aliphatic heterocycles. The number of nitrogens with zero attached hydrogens (tertiary/aromatic N) is 5. The Balaban J connectivity index is 1.70. The molecule has 214 valence electrons. The summed E-state index contributed by atoms with van der Waals surface area (Å²) in [4.78, 5) is 47.5. The van der Waals surface area contributed by atoms with Gasteiger partial charge in [-0.3, -0.25) is 19.5 Å². The number of morpholine rings is 1. The predicted octanol–water partition coefficient (Wildman–Crippen LogP) is 2.61. The first-order valence-electron chi connectivity index (χ1n) is 13.3. The molecule has 12 heteroatoms. The van der Waals surface area contributed by atoms with Gasteiger partial charge in [-0.15, -0.1) is 0 Å². The molecule has 3 aromatic rings. The van der Waals surface area contributed by atoms with E-state index in [1.807, 2.05) is 43.3 Å². The van der Waals surface area contributed by atoms with Gasteiger partial charge in [0.15, 0.2) is 4.80 Å². The highest BCUT2D eigenvalue weighted by Crippen LogP contribution is 2.32. The van der Waals surface area contributed by atoms with Crippen LogP contribution in [0.1, 0.15) is 31.0 Å². The quantitative estimate of drug-likeness (QED) is 0.239. The normalized spacial score (nSPS) is 17.2. The number of hydrogen-bond donors (Lipinski definition) is 0. The fraction of sp³-hybridized carbons (Fsp3) is 0.345. The molecule has 3 heterocycles. The summed E-state index contributed by atoms with van der Waals surface area (Å²) in [6.07, 6.45) is 1.68. The lowest BCUT2D eigenvalue weighted by molar-refractivity contribution is -0.384. The van der Waals surface area contributed by atoms with Crippen LogP contribution in [0.3, 0.4) is 0 Å². The van der Waals surface area contributed by atoms with Crippen LogP contribution in [0.25, 0.3) is 6.08 Å². The maximum absolute atomic E-state index is 14.0. The zero-order valence-electron chi connectivity index (χ0n) is 23.3. The maximum Gasteiger partial charge on any atom is 0.338 e. The Hall–Kier alpha value is -4.29. The first-order valence-corrected chi connectivity index (χ1v) is 14.1. The molecule has 1 aromatic heterocycles.